The third kappa shape index (κ3) is 2.38. The minimum absolute atomic E-state index is 0.00185. The number of phenols is 1. The van der Waals surface area contributed by atoms with E-state index in [1.54, 1.807) is 0 Å². The minimum atomic E-state index is -4.54. The SMILES string of the molecule is Oc1ccc(F)cc1-c1cnc(C(F)(F)F)s1. The van der Waals surface area contributed by atoms with E-state index in [9.17, 15) is 22.7 Å². The summed E-state index contributed by atoms with van der Waals surface area (Å²) >= 11 is 0.353. The van der Waals surface area contributed by atoms with Gasteiger partial charge in [-0.2, -0.15) is 13.2 Å². The van der Waals surface area contributed by atoms with Crippen LogP contribution >= 0.6 is 11.3 Å². The molecule has 0 fully saturated rings. The van der Waals surface area contributed by atoms with Crippen molar-refractivity contribution in [3.05, 3.63) is 35.2 Å². The van der Waals surface area contributed by atoms with Gasteiger partial charge in [0.15, 0.2) is 5.01 Å². The van der Waals surface area contributed by atoms with Crippen molar-refractivity contribution in [3.63, 3.8) is 0 Å². The van der Waals surface area contributed by atoms with E-state index >= 15 is 0 Å². The van der Waals surface area contributed by atoms with Crippen molar-refractivity contribution in [2.75, 3.05) is 0 Å². The van der Waals surface area contributed by atoms with Crippen molar-refractivity contribution >= 4 is 11.3 Å². The van der Waals surface area contributed by atoms with Gasteiger partial charge in [0.25, 0.3) is 0 Å². The lowest BCUT2D eigenvalue weighted by Crippen LogP contribution is -2.02. The fraction of sp³-hybridized carbons (Fsp3) is 0.100. The smallest absolute Gasteiger partial charge is 0.443 e. The monoisotopic (exact) mass is 263 g/mol. The average molecular weight is 263 g/mol. The first-order valence-corrected chi connectivity index (χ1v) is 5.21. The van der Waals surface area contributed by atoms with Crippen LogP contribution in [0.3, 0.4) is 0 Å². The molecule has 0 bridgehead atoms. The second kappa shape index (κ2) is 3.99. The van der Waals surface area contributed by atoms with Crippen molar-refractivity contribution in [1.29, 1.82) is 0 Å². The zero-order valence-corrected chi connectivity index (χ0v) is 8.94. The molecule has 7 heteroatoms. The van der Waals surface area contributed by atoms with Crippen LogP contribution in [-0.4, -0.2) is 10.1 Å². The second-order valence-electron chi connectivity index (χ2n) is 3.19. The Kier molecular flexibility index (Phi) is 2.78. The Morgan fingerprint density at radius 3 is 2.53 bits per heavy atom. The number of benzene rings is 1. The number of alkyl halides is 3. The van der Waals surface area contributed by atoms with E-state index in [0.29, 0.717) is 11.3 Å². The Hall–Kier alpha value is -1.63. The molecule has 0 spiro atoms. The first-order valence-electron chi connectivity index (χ1n) is 4.40. The summed E-state index contributed by atoms with van der Waals surface area (Å²) < 4.78 is 49.8. The second-order valence-corrected chi connectivity index (χ2v) is 4.22. The normalized spacial score (nSPS) is 11.8. The van der Waals surface area contributed by atoms with E-state index in [1.807, 2.05) is 0 Å². The van der Waals surface area contributed by atoms with Gasteiger partial charge in [-0.05, 0) is 18.2 Å². The molecule has 0 aliphatic carbocycles. The quantitative estimate of drug-likeness (QED) is 0.796. The highest BCUT2D eigenvalue weighted by atomic mass is 32.1. The summed E-state index contributed by atoms with van der Waals surface area (Å²) in [4.78, 5) is 3.26. The van der Waals surface area contributed by atoms with Crippen LogP contribution in [0.4, 0.5) is 17.6 Å². The molecule has 0 radical (unpaired) electrons. The summed E-state index contributed by atoms with van der Waals surface area (Å²) in [6, 6.07) is 3.06. The fourth-order valence-corrected chi connectivity index (χ4v) is 2.04. The van der Waals surface area contributed by atoms with E-state index in [0.717, 1.165) is 24.4 Å². The van der Waals surface area contributed by atoms with Gasteiger partial charge in [-0.1, -0.05) is 0 Å². The molecule has 2 rings (SSSR count). The van der Waals surface area contributed by atoms with Gasteiger partial charge in [0.05, 0.1) is 4.88 Å². The van der Waals surface area contributed by atoms with E-state index in [1.165, 1.54) is 0 Å². The zero-order chi connectivity index (χ0) is 12.6. The molecule has 0 amide bonds. The van der Waals surface area contributed by atoms with Crippen molar-refractivity contribution in [1.82, 2.24) is 4.98 Å². The van der Waals surface area contributed by atoms with Crippen LogP contribution in [-0.2, 0) is 6.18 Å². The van der Waals surface area contributed by atoms with Gasteiger partial charge in [0.2, 0.25) is 0 Å². The summed E-state index contributed by atoms with van der Waals surface area (Å²) in [6.45, 7) is 0. The molecule has 1 N–H and O–H groups in total. The van der Waals surface area contributed by atoms with Crippen molar-refractivity contribution in [2.45, 2.75) is 6.18 Å². The standard InChI is InChI=1S/C10H5F4NOS/c11-5-1-2-7(16)6(3-5)8-4-15-9(17-8)10(12,13)14/h1-4,16H. The predicted molar refractivity (Wildman–Crippen MR) is 54.2 cm³/mol. The van der Waals surface area contributed by atoms with Crippen molar-refractivity contribution < 1.29 is 22.7 Å². The number of phenolic OH excluding ortho intramolecular Hbond substituents is 1. The first-order chi connectivity index (χ1) is 7.88. The van der Waals surface area contributed by atoms with Crippen molar-refractivity contribution in [3.8, 4) is 16.2 Å². The number of hydrogen-bond donors (Lipinski definition) is 1. The number of halogens is 4. The number of thiazole rings is 1. The molecule has 0 atom stereocenters. The van der Waals surface area contributed by atoms with E-state index < -0.39 is 17.0 Å². The highest BCUT2D eigenvalue weighted by Gasteiger charge is 2.34. The molecule has 1 heterocycles. The van der Waals surface area contributed by atoms with E-state index in [-0.39, 0.29) is 16.2 Å². The molecular formula is C10H5F4NOS. The van der Waals surface area contributed by atoms with Crippen LogP contribution in [0.1, 0.15) is 5.01 Å². The molecule has 1 aromatic carbocycles. The molecular weight excluding hydrogens is 258 g/mol. The van der Waals surface area contributed by atoms with E-state index in [4.69, 9.17) is 0 Å². The molecule has 1 aromatic heterocycles. The maximum Gasteiger partial charge on any atom is 0.443 e. The summed E-state index contributed by atoms with van der Waals surface area (Å²) in [5.74, 6) is -0.927. The number of aromatic nitrogens is 1. The third-order valence-electron chi connectivity index (χ3n) is 1.97. The minimum Gasteiger partial charge on any atom is -0.507 e. The fourth-order valence-electron chi connectivity index (χ4n) is 1.24. The van der Waals surface area contributed by atoms with Crippen LogP contribution < -0.4 is 0 Å². The maximum absolute atomic E-state index is 12.9. The molecule has 0 saturated heterocycles. The molecule has 2 aromatic rings. The lowest BCUT2D eigenvalue weighted by molar-refractivity contribution is -0.137. The van der Waals surface area contributed by atoms with Gasteiger partial charge in [-0.25, -0.2) is 9.37 Å². The van der Waals surface area contributed by atoms with Crippen LogP contribution in [0, 0.1) is 5.82 Å². The Labute approximate surface area is 97.2 Å². The van der Waals surface area contributed by atoms with Crippen LogP contribution in [0.25, 0.3) is 10.4 Å². The largest absolute Gasteiger partial charge is 0.507 e. The lowest BCUT2D eigenvalue weighted by Gasteiger charge is -2.01. The van der Waals surface area contributed by atoms with Gasteiger partial charge >= 0.3 is 6.18 Å². The summed E-state index contributed by atoms with van der Waals surface area (Å²) in [5, 5.41) is 8.40. The number of nitrogens with zero attached hydrogens (tertiary/aromatic N) is 1. The van der Waals surface area contributed by atoms with Crippen LogP contribution in [0.2, 0.25) is 0 Å². The summed E-state index contributed by atoms with van der Waals surface area (Å²) in [6.07, 6.45) is -3.58. The van der Waals surface area contributed by atoms with Crippen molar-refractivity contribution in [2.24, 2.45) is 0 Å². The van der Waals surface area contributed by atoms with Gasteiger partial charge in [-0.3, -0.25) is 0 Å². The average Bonchev–Trinajstić information content (AvgIpc) is 2.70. The Bertz CT molecular complexity index is 549. The summed E-state index contributed by atoms with van der Waals surface area (Å²) in [5.41, 5.74) is -0.00185. The van der Waals surface area contributed by atoms with Crippen LogP contribution in [0.15, 0.2) is 24.4 Å². The topological polar surface area (TPSA) is 33.1 Å². The highest BCUT2D eigenvalue weighted by molar-refractivity contribution is 7.15. The molecule has 0 aliphatic heterocycles. The van der Waals surface area contributed by atoms with Crippen LogP contribution in [0.5, 0.6) is 5.75 Å². The molecule has 0 aliphatic rings. The highest BCUT2D eigenvalue weighted by Crippen LogP contribution is 2.39. The Morgan fingerprint density at radius 1 is 1.24 bits per heavy atom. The number of hydrogen-bond acceptors (Lipinski definition) is 3. The maximum atomic E-state index is 12.9. The molecule has 90 valence electrons. The van der Waals surface area contributed by atoms with E-state index in [2.05, 4.69) is 4.98 Å². The molecule has 0 saturated carbocycles. The molecule has 17 heavy (non-hydrogen) atoms. The molecule has 2 nitrogen and oxygen atoms in total. The summed E-state index contributed by atoms with van der Waals surface area (Å²) in [7, 11) is 0. The molecule has 0 unspecified atom stereocenters. The van der Waals surface area contributed by atoms with Gasteiger partial charge in [0, 0.05) is 11.8 Å². The Balaban J connectivity index is 2.47. The number of aromatic hydroxyl groups is 1. The first kappa shape index (κ1) is 11.8. The third-order valence-corrected chi connectivity index (χ3v) is 3.05. The lowest BCUT2D eigenvalue weighted by atomic mass is 10.2. The number of rotatable bonds is 1. The zero-order valence-electron chi connectivity index (χ0n) is 8.12. The van der Waals surface area contributed by atoms with Gasteiger partial charge in [-0.15, -0.1) is 11.3 Å². The van der Waals surface area contributed by atoms with Gasteiger partial charge in [0.1, 0.15) is 11.6 Å². The Morgan fingerprint density at radius 2 is 1.94 bits per heavy atom. The van der Waals surface area contributed by atoms with Gasteiger partial charge < -0.3 is 5.11 Å². The predicted octanol–water partition coefficient (Wildman–Crippen LogP) is 3.67.